The van der Waals surface area contributed by atoms with E-state index in [0.29, 0.717) is 0 Å². The number of urea groups is 1. The van der Waals surface area contributed by atoms with Crippen LogP contribution in [0.3, 0.4) is 0 Å². The largest absolute Gasteiger partial charge is 0.495 e. The van der Waals surface area contributed by atoms with E-state index in [1.165, 1.54) is 5.69 Å². The van der Waals surface area contributed by atoms with Crippen LogP contribution in [0.2, 0.25) is 0 Å². The van der Waals surface area contributed by atoms with Gasteiger partial charge in [-0.2, -0.15) is 0 Å². The van der Waals surface area contributed by atoms with Crippen LogP contribution in [0.25, 0.3) is 0 Å². The molecule has 4 rings (SSSR count). The van der Waals surface area contributed by atoms with Gasteiger partial charge in [0.1, 0.15) is 5.75 Å². The third-order valence-corrected chi connectivity index (χ3v) is 6.11. The standard InChI is InChI=1S/C24H32N4O2/c1-30-23-12-6-5-11-22(23)26-17-15-25(16-18-26)13-7-8-14-27-19-20-28(24(27)29)21-9-3-2-4-10-21/h2-6,9-12H,7-8,13-20H2,1H3. The number of para-hydroxylation sites is 3. The van der Waals surface area contributed by atoms with Crippen molar-refractivity contribution < 1.29 is 9.53 Å². The Balaban J connectivity index is 1.16. The van der Waals surface area contributed by atoms with Crippen LogP contribution in [0.1, 0.15) is 12.8 Å². The molecule has 0 unspecified atom stereocenters. The first-order valence-electron chi connectivity index (χ1n) is 11.0. The molecule has 2 fully saturated rings. The normalized spacial score (nSPS) is 17.6. The molecular weight excluding hydrogens is 376 g/mol. The molecule has 0 bridgehead atoms. The number of unbranched alkanes of at least 4 members (excludes halogenated alkanes) is 1. The number of anilines is 2. The third kappa shape index (κ3) is 4.70. The molecule has 30 heavy (non-hydrogen) atoms. The van der Waals surface area contributed by atoms with Gasteiger partial charge in [0.2, 0.25) is 0 Å². The first-order valence-corrected chi connectivity index (χ1v) is 11.0. The summed E-state index contributed by atoms with van der Waals surface area (Å²) in [5, 5.41) is 0. The van der Waals surface area contributed by atoms with Crippen LogP contribution in [0.5, 0.6) is 5.75 Å². The average Bonchev–Trinajstić information content (AvgIpc) is 3.18. The Labute approximate surface area is 179 Å². The molecule has 6 nitrogen and oxygen atoms in total. The SMILES string of the molecule is COc1ccccc1N1CCN(CCCCN2CCN(c3ccccc3)C2=O)CC1. The van der Waals surface area contributed by atoms with Crippen molar-refractivity contribution in [1.29, 1.82) is 0 Å². The topological polar surface area (TPSA) is 39.3 Å². The molecule has 0 spiro atoms. The Morgan fingerprint density at radius 2 is 1.50 bits per heavy atom. The minimum Gasteiger partial charge on any atom is -0.495 e. The van der Waals surface area contributed by atoms with Gasteiger partial charge in [-0.3, -0.25) is 9.80 Å². The number of amides is 2. The van der Waals surface area contributed by atoms with Gasteiger partial charge < -0.3 is 14.5 Å². The van der Waals surface area contributed by atoms with E-state index in [4.69, 9.17) is 4.74 Å². The van der Waals surface area contributed by atoms with Gasteiger partial charge in [-0.25, -0.2) is 4.79 Å². The van der Waals surface area contributed by atoms with Gasteiger partial charge in [0, 0.05) is 51.5 Å². The molecule has 0 aliphatic carbocycles. The minimum absolute atomic E-state index is 0.145. The van der Waals surface area contributed by atoms with Crippen molar-refractivity contribution in [2.24, 2.45) is 0 Å². The molecule has 0 aromatic heterocycles. The number of carbonyl (C=O) groups excluding carboxylic acids is 1. The highest BCUT2D eigenvalue weighted by Crippen LogP contribution is 2.28. The lowest BCUT2D eigenvalue weighted by Crippen LogP contribution is -2.46. The number of hydrogen-bond donors (Lipinski definition) is 0. The fraction of sp³-hybridized carbons (Fsp3) is 0.458. The lowest BCUT2D eigenvalue weighted by molar-refractivity contribution is 0.216. The number of nitrogens with zero attached hydrogens (tertiary/aromatic N) is 4. The molecule has 160 valence electrons. The van der Waals surface area contributed by atoms with Gasteiger partial charge in [0.25, 0.3) is 0 Å². The fourth-order valence-electron chi connectivity index (χ4n) is 4.38. The Morgan fingerprint density at radius 1 is 0.800 bits per heavy atom. The molecule has 2 aliphatic heterocycles. The molecule has 6 heteroatoms. The van der Waals surface area contributed by atoms with Crippen LogP contribution < -0.4 is 14.5 Å². The zero-order chi connectivity index (χ0) is 20.8. The predicted molar refractivity (Wildman–Crippen MR) is 122 cm³/mol. The van der Waals surface area contributed by atoms with Crippen LogP contribution in [0.4, 0.5) is 16.2 Å². The van der Waals surface area contributed by atoms with E-state index in [0.717, 1.165) is 76.6 Å². The highest BCUT2D eigenvalue weighted by molar-refractivity contribution is 5.94. The Bertz CT molecular complexity index is 821. The Hall–Kier alpha value is -2.73. The molecule has 0 atom stereocenters. The van der Waals surface area contributed by atoms with E-state index in [1.54, 1.807) is 7.11 Å². The molecule has 2 aromatic rings. The summed E-state index contributed by atoms with van der Waals surface area (Å²) in [6.45, 7) is 7.76. The Kier molecular flexibility index (Phi) is 6.74. The lowest BCUT2D eigenvalue weighted by Gasteiger charge is -2.36. The van der Waals surface area contributed by atoms with Gasteiger partial charge >= 0.3 is 6.03 Å². The van der Waals surface area contributed by atoms with E-state index in [2.05, 4.69) is 21.9 Å². The van der Waals surface area contributed by atoms with Crippen molar-refractivity contribution in [3.8, 4) is 5.75 Å². The number of hydrogen-bond acceptors (Lipinski definition) is 4. The molecule has 0 N–H and O–H groups in total. The minimum atomic E-state index is 0.145. The summed E-state index contributed by atoms with van der Waals surface area (Å²) in [5.74, 6) is 0.950. The van der Waals surface area contributed by atoms with Crippen molar-refractivity contribution in [1.82, 2.24) is 9.80 Å². The second kappa shape index (κ2) is 9.85. The summed E-state index contributed by atoms with van der Waals surface area (Å²) in [7, 11) is 1.74. The third-order valence-electron chi connectivity index (χ3n) is 6.11. The predicted octanol–water partition coefficient (Wildman–Crippen LogP) is 3.54. The van der Waals surface area contributed by atoms with Gasteiger partial charge in [0.05, 0.1) is 12.8 Å². The summed E-state index contributed by atoms with van der Waals surface area (Å²) in [4.78, 5) is 21.5. The molecule has 2 amide bonds. The van der Waals surface area contributed by atoms with Gasteiger partial charge in [0.15, 0.2) is 0 Å². The monoisotopic (exact) mass is 408 g/mol. The summed E-state index contributed by atoms with van der Waals surface area (Å²) >= 11 is 0. The molecule has 2 saturated heterocycles. The zero-order valence-corrected chi connectivity index (χ0v) is 17.9. The molecule has 0 radical (unpaired) electrons. The maximum Gasteiger partial charge on any atom is 0.324 e. The number of methoxy groups -OCH3 is 1. The number of piperazine rings is 1. The van der Waals surface area contributed by atoms with E-state index >= 15 is 0 Å². The first-order chi connectivity index (χ1) is 14.8. The molecule has 2 heterocycles. The van der Waals surface area contributed by atoms with Gasteiger partial charge in [-0.15, -0.1) is 0 Å². The smallest absolute Gasteiger partial charge is 0.324 e. The van der Waals surface area contributed by atoms with Crippen molar-refractivity contribution in [2.45, 2.75) is 12.8 Å². The van der Waals surface area contributed by atoms with Crippen LogP contribution in [-0.2, 0) is 0 Å². The van der Waals surface area contributed by atoms with Crippen molar-refractivity contribution >= 4 is 17.4 Å². The highest BCUT2D eigenvalue weighted by atomic mass is 16.5. The molecule has 0 saturated carbocycles. The van der Waals surface area contributed by atoms with Crippen LogP contribution >= 0.6 is 0 Å². The summed E-state index contributed by atoms with van der Waals surface area (Å²) in [5.41, 5.74) is 2.19. The number of ether oxygens (including phenoxy) is 1. The quantitative estimate of drug-likeness (QED) is 0.627. The van der Waals surface area contributed by atoms with E-state index in [9.17, 15) is 4.79 Å². The first kappa shape index (κ1) is 20.5. The summed E-state index contributed by atoms with van der Waals surface area (Å²) < 4.78 is 5.51. The van der Waals surface area contributed by atoms with Crippen LogP contribution in [-0.4, -0.2) is 75.3 Å². The Morgan fingerprint density at radius 3 is 2.27 bits per heavy atom. The lowest BCUT2D eigenvalue weighted by atomic mass is 10.2. The molecule has 2 aliphatic rings. The second-order valence-electron chi connectivity index (χ2n) is 7.96. The fourth-order valence-corrected chi connectivity index (χ4v) is 4.38. The van der Waals surface area contributed by atoms with Crippen molar-refractivity contribution in [3.63, 3.8) is 0 Å². The maximum atomic E-state index is 12.7. The van der Waals surface area contributed by atoms with E-state index in [-0.39, 0.29) is 6.03 Å². The second-order valence-corrected chi connectivity index (χ2v) is 7.96. The van der Waals surface area contributed by atoms with E-state index < -0.39 is 0 Å². The van der Waals surface area contributed by atoms with Crippen molar-refractivity contribution in [2.75, 3.05) is 69.3 Å². The molecule has 2 aromatic carbocycles. The van der Waals surface area contributed by atoms with Crippen LogP contribution in [0.15, 0.2) is 54.6 Å². The van der Waals surface area contributed by atoms with Crippen LogP contribution in [0, 0.1) is 0 Å². The number of carbonyl (C=O) groups is 1. The van der Waals surface area contributed by atoms with Gasteiger partial charge in [-0.05, 0) is 43.7 Å². The van der Waals surface area contributed by atoms with Crippen molar-refractivity contribution in [3.05, 3.63) is 54.6 Å². The number of benzene rings is 2. The van der Waals surface area contributed by atoms with E-state index in [1.807, 2.05) is 52.3 Å². The highest BCUT2D eigenvalue weighted by Gasteiger charge is 2.28. The summed E-state index contributed by atoms with van der Waals surface area (Å²) in [6.07, 6.45) is 2.19. The zero-order valence-electron chi connectivity index (χ0n) is 17.9. The summed E-state index contributed by atoms with van der Waals surface area (Å²) in [6, 6.07) is 18.4. The number of rotatable bonds is 8. The molecular formula is C24H32N4O2. The average molecular weight is 409 g/mol. The maximum absolute atomic E-state index is 12.7. The van der Waals surface area contributed by atoms with Gasteiger partial charge in [-0.1, -0.05) is 30.3 Å².